The fourth-order valence-electron chi connectivity index (χ4n) is 5.36. The molecule has 0 radical (unpaired) electrons. The summed E-state index contributed by atoms with van der Waals surface area (Å²) in [6, 6.07) is 20.6. The number of ether oxygens (including phenoxy) is 2. The Kier molecular flexibility index (Phi) is 6.02. The van der Waals surface area contributed by atoms with Crippen LogP contribution in [0.3, 0.4) is 0 Å². The molecule has 1 saturated heterocycles. The normalized spacial score (nSPS) is 23.6. The molecule has 0 saturated carbocycles. The van der Waals surface area contributed by atoms with Crippen LogP contribution in [0, 0.1) is 12.3 Å². The Morgan fingerprint density at radius 1 is 1.00 bits per heavy atom. The number of sulfonamides is 1. The summed E-state index contributed by atoms with van der Waals surface area (Å²) in [5.74, 6) is 0.114. The number of carbonyl (C=O) groups is 1. The summed E-state index contributed by atoms with van der Waals surface area (Å²) in [4.78, 5) is 20.2. The summed E-state index contributed by atoms with van der Waals surface area (Å²) in [7, 11) is 0.636. The topological polar surface area (TPSA) is 85.4 Å². The number of fused-ring (bicyclic) bond motifs is 3. The first-order chi connectivity index (χ1) is 17.2. The van der Waals surface area contributed by atoms with Crippen molar-refractivity contribution in [1.82, 2.24) is 5.06 Å². The fraction of sp³-hybridized carbons (Fsp3) is 0.296. The number of hydroxylamine groups is 2. The highest BCUT2D eigenvalue weighted by Gasteiger charge is 2.66. The van der Waals surface area contributed by atoms with Crippen LogP contribution in [0.4, 0.5) is 5.69 Å². The van der Waals surface area contributed by atoms with E-state index in [1.54, 1.807) is 67.8 Å². The van der Waals surface area contributed by atoms with Crippen LogP contribution in [0.1, 0.15) is 28.8 Å². The van der Waals surface area contributed by atoms with Crippen LogP contribution < -0.4 is 9.04 Å². The molecule has 1 fully saturated rings. The van der Waals surface area contributed by atoms with Gasteiger partial charge in [-0.05, 0) is 48.4 Å². The summed E-state index contributed by atoms with van der Waals surface area (Å²) in [6.07, 6.45) is -0.796. The van der Waals surface area contributed by atoms with Crippen molar-refractivity contribution in [1.29, 1.82) is 0 Å². The van der Waals surface area contributed by atoms with Gasteiger partial charge in [-0.1, -0.05) is 48.0 Å². The van der Waals surface area contributed by atoms with Crippen molar-refractivity contribution in [3.05, 3.63) is 89.5 Å². The van der Waals surface area contributed by atoms with Crippen LogP contribution in [-0.2, 0) is 24.4 Å². The highest BCUT2D eigenvalue weighted by molar-refractivity contribution is 7.92. The Hall–Kier alpha value is -3.40. The molecule has 0 aromatic heterocycles. The molecule has 0 spiro atoms. The minimum atomic E-state index is -4.01. The third-order valence-electron chi connectivity index (χ3n) is 7.09. The molecule has 2 heterocycles. The van der Waals surface area contributed by atoms with Crippen molar-refractivity contribution in [2.75, 3.05) is 32.1 Å². The second-order valence-electron chi connectivity index (χ2n) is 9.12. The van der Waals surface area contributed by atoms with Crippen molar-refractivity contribution >= 4 is 21.7 Å². The number of aryl methyl sites for hydroxylation is 1. The van der Waals surface area contributed by atoms with E-state index in [2.05, 4.69) is 0 Å². The zero-order valence-electron chi connectivity index (χ0n) is 20.5. The first-order valence-electron chi connectivity index (χ1n) is 11.5. The molecule has 3 aromatic carbocycles. The standard InChI is InChI=1S/C27H28N2O6S/c1-18-9-15-21(16-10-18)36(31,32)29-17-27(26(30)34-4)24(22-7-5-6-8-23(22)29)28(2)35-25(27)19-11-13-20(33-3)14-12-19/h5-16,24-25H,17H2,1-4H3/t24-,25+,27-/m1/s1. The Labute approximate surface area is 211 Å². The van der Waals surface area contributed by atoms with Gasteiger partial charge in [0.15, 0.2) is 0 Å². The van der Waals surface area contributed by atoms with Crippen molar-refractivity contribution in [3.63, 3.8) is 0 Å². The molecule has 3 aromatic rings. The number of carbonyl (C=O) groups excluding carboxylic acids is 1. The molecule has 0 aliphatic carbocycles. The molecule has 0 unspecified atom stereocenters. The number of hydrogen-bond acceptors (Lipinski definition) is 7. The highest BCUT2D eigenvalue weighted by atomic mass is 32.2. The van der Waals surface area contributed by atoms with Crippen molar-refractivity contribution in [3.8, 4) is 5.75 Å². The van der Waals surface area contributed by atoms with Gasteiger partial charge in [-0.25, -0.2) is 8.42 Å². The molecule has 2 aliphatic rings. The van der Waals surface area contributed by atoms with Gasteiger partial charge in [0, 0.05) is 7.05 Å². The molecule has 36 heavy (non-hydrogen) atoms. The number of hydrogen-bond donors (Lipinski definition) is 0. The summed E-state index contributed by atoms with van der Waals surface area (Å²) >= 11 is 0. The predicted octanol–water partition coefficient (Wildman–Crippen LogP) is 4.03. The first-order valence-corrected chi connectivity index (χ1v) is 13.0. The number of rotatable bonds is 5. The average molecular weight is 509 g/mol. The van der Waals surface area contributed by atoms with Crippen LogP contribution >= 0.6 is 0 Å². The first kappa shape index (κ1) is 24.3. The Morgan fingerprint density at radius 2 is 1.67 bits per heavy atom. The van der Waals surface area contributed by atoms with Gasteiger partial charge >= 0.3 is 5.97 Å². The van der Waals surface area contributed by atoms with Crippen LogP contribution in [0.15, 0.2) is 77.7 Å². The molecule has 8 nitrogen and oxygen atoms in total. The molecule has 0 N–H and O–H groups in total. The Bertz CT molecular complexity index is 1390. The third-order valence-corrected chi connectivity index (χ3v) is 8.86. The number of methoxy groups -OCH3 is 2. The fourth-order valence-corrected chi connectivity index (χ4v) is 6.91. The lowest BCUT2D eigenvalue weighted by Gasteiger charge is -2.45. The SMILES string of the molecule is COC(=O)[C@]12CN(S(=O)(=O)c3ccc(C)cc3)c3ccccc3[C@H]1N(C)O[C@H]2c1ccc(OC)cc1. The zero-order chi connectivity index (χ0) is 25.7. The van der Waals surface area contributed by atoms with Gasteiger partial charge in [-0.3, -0.25) is 13.9 Å². The number of esters is 1. The van der Waals surface area contributed by atoms with E-state index < -0.39 is 33.6 Å². The van der Waals surface area contributed by atoms with Gasteiger partial charge in [0.1, 0.15) is 17.3 Å². The maximum Gasteiger partial charge on any atom is 0.318 e. The minimum absolute atomic E-state index is 0.148. The summed E-state index contributed by atoms with van der Waals surface area (Å²) < 4.78 is 40.0. The Morgan fingerprint density at radius 3 is 2.31 bits per heavy atom. The lowest BCUT2D eigenvalue weighted by Crippen LogP contribution is -2.54. The van der Waals surface area contributed by atoms with E-state index in [0.29, 0.717) is 22.6 Å². The van der Waals surface area contributed by atoms with E-state index in [0.717, 1.165) is 5.56 Å². The smallest absolute Gasteiger partial charge is 0.318 e. The monoisotopic (exact) mass is 508 g/mol. The van der Waals surface area contributed by atoms with Crippen LogP contribution in [0.2, 0.25) is 0 Å². The average Bonchev–Trinajstić information content (AvgIpc) is 3.21. The van der Waals surface area contributed by atoms with Crippen molar-refractivity contribution < 1.29 is 27.5 Å². The second-order valence-corrected chi connectivity index (χ2v) is 11.0. The molecular weight excluding hydrogens is 480 g/mol. The maximum absolute atomic E-state index is 14.0. The van der Waals surface area contributed by atoms with E-state index in [-0.39, 0.29) is 11.4 Å². The number of nitrogens with zero attached hydrogens (tertiary/aromatic N) is 2. The highest BCUT2D eigenvalue weighted by Crippen LogP contribution is 2.61. The van der Waals surface area contributed by atoms with Gasteiger partial charge in [0.05, 0.1) is 37.4 Å². The van der Waals surface area contributed by atoms with Gasteiger partial charge in [0.25, 0.3) is 10.0 Å². The number of benzene rings is 3. The minimum Gasteiger partial charge on any atom is -0.497 e. The molecule has 2 aliphatic heterocycles. The van der Waals surface area contributed by atoms with Crippen LogP contribution in [-0.4, -0.2) is 47.3 Å². The molecule has 0 amide bonds. The molecule has 0 bridgehead atoms. The number of anilines is 1. The molecule has 9 heteroatoms. The van der Waals surface area contributed by atoms with Gasteiger partial charge in [-0.2, -0.15) is 5.06 Å². The predicted molar refractivity (Wildman–Crippen MR) is 134 cm³/mol. The Balaban J connectivity index is 1.73. The molecule has 188 valence electrons. The second kappa shape index (κ2) is 8.92. The summed E-state index contributed by atoms with van der Waals surface area (Å²) in [6.45, 7) is 1.74. The van der Waals surface area contributed by atoms with E-state index in [1.165, 1.54) is 11.4 Å². The quantitative estimate of drug-likeness (QED) is 0.481. The maximum atomic E-state index is 14.0. The third kappa shape index (κ3) is 3.57. The lowest BCUT2D eigenvalue weighted by atomic mass is 9.69. The summed E-state index contributed by atoms with van der Waals surface area (Å²) in [5.41, 5.74) is 1.47. The van der Waals surface area contributed by atoms with Gasteiger partial charge in [-0.15, -0.1) is 0 Å². The zero-order valence-corrected chi connectivity index (χ0v) is 21.4. The van der Waals surface area contributed by atoms with E-state index in [9.17, 15) is 13.2 Å². The molecular formula is C27H28N2O6S. The van der Waals surface area contributed by atoms with E-state index in [1.807, 2.05) is 31.2 Å². The van der Waals surface area contributed by atoms with Crippen molar-refractivity contribution in [2.24, 2.45) is 5.41 Å². The van der Waals surface area contributed by atoms with E-state index >= 15 is 0 Å². The molecule has 5 rings (SSSR count). The lowest BCUT2D eigenvalue weighted by molar-refractivity contribution is -0.160. The largest absolute Gasteiger partial charge is 0.497 e. The van der Waals surface area contributed by atoms with E-state index in [4.69, 9.17) is 14.3 Å². The van der Waals surface area contributed by atoms with Crippen LogP contribution in [0.5, 0.6) is 5.75 Å². The summed E-state index contributed by atoms with van der Waals surface area (Å²) in [5, 5.41) is 1.64. The van der Waals surface area contributed by atoms with Gasteiger partial charge < -0.3 is 9.47 Å². The van der Waals surface area contributed by atoms with Crippen molar-refractivity contribution in [2.45, 2.75) is 24.0 Å². The molecule has 3 atom stereocenters. The van der Waals surface area contributed by atoms with Gasteiger partial charge in [0.2, 0.25) is 0 Å². The van der Waals surface area contributed by atoms with Crippen LogP contribution in [0.25, 0.3) is 0 Å². The number of para-hydroxylation sites is 1.